The Morgan fingerprint density at radius 1 is 1.36 bits per heavy atom. The average molecular weight is 316 g/mol. The third kappa shape index (κ3) is 2.35. The number of rotatable bonds is 3. The lowest BCUT2D eigenvalue weighted by atomic mass is 10.1. The van der Waals surface area contributed by atoms with Crippen molar-refractivity contribution in [3.8, 4) is 22.2 Å². The lowest BCUT2D eigenvalue weighted by Gasteiger charge is -2.07. The number of aromatic amines is 1. The lowest BCUT2D eigenvalue weighted by Crippen LogP contribution is -2.03. The van der Waals surface area contributed by atoms with Crippen LogP contribution < -0.4 is 10.2 Å². The summed E-state index contributed by atoms with van der Waals surface area (Å²) < 4.78 is 5.09. The molecule has 0 aliphatic carbocycles. The molecule has 5 nitrogen and oxygen atoms in total. The first-order valence-electron chi connectivity index (χ1n) is 6.90. The molecule has 2 N–H and O–H groups in total. The molecular formula is C16H16N2O3S. The molecule has 0 atom stereocenters. The van der Waals surface area contributed by atoms with Gasteiger partial charge in [-0.3, -0.25) is 4.79 Å². The van der Waals surface area contributed by atoms with Gasteiger partial charge in [0, 0.05) is 16.8 Å². The fourth-order valence-electron chi connectivity index (χ4n) is 2.24. The Morgan fingerprint density at radius 3 is 2.77 bits per heavy atom. The van der Waals surface area contributed by atoms with Crippen molar-refractivity contribution in [3.63, 3.8) is 0 Å². The highest BCUT2D eigenvalue weighted by Crippen LogP contribution is 2.33. The summed E-state index contributed by atoms with van der Waals surface area (Å²) >= 11 is 1.47. The first kappa shape index (κ1) is 14.6. The zero-order valence-electron chi connectivity index (χ0n) is 12.5. The van der Waals surface area contributed by atoms with Crippen LogP contribution in [0.15, 0.2) is 28.4 Å². The van der Waals surface area contributed by atoms with E-state index in [1.165, 1.54) is 24.5 Å². The van der Waals surface area contributed by atoms with Crippen molar-refractivity contribution >= 4 is 22.2 Å². The highest BCUT2D eigenvalue weighted by molar-refractivity contribution is 7.13. The van der Waals surface area contributed by atoms with Crippen molar-refractivity contribution in [3.05, 3.63) is 39.5 Å². The second-order valence-corrected chi connectivity index (χ2v) is 6.18. The molecule has 114 valence electrons. The number of methoxy groups -OCH3 is 1. The second-order valence-electron chi connectivity index (χ2n) is 5.32. The topological polar surface area (TPSA) is 75.2 Å². The normalized spacial score (nSPS) is 11.3. The van der Waals surface area contributed by atoms with Gasteiger partial charge in [0.05, 0.1) is 24.0 Å². The van der Waals surface area contributed by atoms with E-state index < -0.39 is 0 Å². The fraction of sp³-hybridized carbons (Fsp3) is 0.250. The molecule has 0 aliphatic heterocycles. The van der Waals surface area contributed by atoms with E-state index in [1.54, 1.807) is 12.1 Å². The molecule has 22 heavy (non-hydrogen) atoms. The number of hydrogen-bond donors (Lipinski definition) is 2. The van der Waals surface area contributed by atoms with Crippen LogP contribution in [0.5, 0.6) is 11.5 Å². The number of hydrogen-bond acceptors (Lipinski definition) is 5. The Labute approximate surface area is 131 Å². The summed E-state index contributed by atoms with van der Waals surface area (Å²) in [7, 11) is 1.47. The third-order valence-corrected chi connectivity index (χ3v) is 4.40. The number of ether oxygens (including phenoxy) is 1. The molecule has 0 radical (unpaired) electrons. The number of benzene rings is 1. The zero-order valence-corrected chi connectivity index (χ0v) is 13.3. The van der Waals surface area contributed by atoms with Crippen molar-refractivity contribution in [1.82, 2.24) is 9.97 Å². The van der Waals surface area contributed by atoms with E-state index in [-0.39, 0.29) is 11.2 Å². The van der Waals surface area contributed by atoms with Gasteiger partial charge < -0.3 is 14.8 Å². The first-order chi connectivity index (χ1) is 10.5. The summed E-state index contributed by atoms with van der Waals surface area (Å²) in [6, 6.07) is 4.72. The third-order valence-electron chi connectivity index (χ3n) is 3.51. The van der Waals surface area contributed by atoms with E-state index in [1.807, 2.05) is 5.38 Å². The summed E-state index contributed by atoms with van der Waals surface area (Å²) in [5, 5.41) is 13.4. The van der Waals surface area contributed by atoms with Gasteiger partial charge in [0.15, 0.2) is 16.9 Å². The fourth-order valence-corrected chi connectivity index (χ4v) is 3.19. The summed E-state index contributed by atoms with van der Waals surface area (Å²) in [4.78, 5) is 19.9. The van der Waals surface area contributed by atoms with Crippen molar-refractivity contribution in [1.29, 1.82) is 0 Å². The number of nitrogens with one attached hydrogen (secondary N) is 1. The molecule has 2 aromatic heterocycles. The molecule has 3 aromatic rings. The van der Waals surface area contributed by atoms with Crippen LogP contribution in [0, 0.1) is 0 Å². The van der Waals surface area contributed by atoms with Crippen LogP contribution in [0.3, 0.4) is 0 Å². The maximum absolute atomic E-state index is 12.3. The summed E-state index contributed by atoms with van der Waals surface area (Å²) in [5.41, 5.74) is 1.78. The van der Waals surface area contributed by atoms with Crippen molar-refractivity contribution in [2.24, 2.45) is 0 Å². The van der Waals surface area contributed by atoms with E-state index in [4.69, 9.17) is 4.74 Å². The largest absolute Gasteiger partial charge is 0.503 e. The smallest absolute Gasteiger partial charge is 0.190 e. The van der Waals surface area contributed by atoms with Gasteiger partial charge in [-0.15, -0.1) is 11.3 Å². The van der Waals surface area contributed by atoms with E-state index in [0.29, 0.717) is 28.3 Å². The van der Waals surface area contributed by atoms with Crippen LogP contribution in [0.2, 0.25) is 0 Å². The SMILES string of the molecule is COc1ccc2c(=O)cc(-c3nc(C(C)C)cs3)[nH]c2c1O. The molecule has 0 fully saturated rings. The molecule has 0 amide bonds. The number of nitrogens with zero attached hydrogens (tertiary/aromatic N) is 1. The van der Waals surface area contributed by atoms with Gasteiger partial charge in [-0.25, -0.2) is 4.98 Å². The molecule has 0 saturated carbocycles. The Balaban J connectivity index is 2.22. The Kier molecular flexibility index (Phi) is 3.62. The maximum atomic E-state index is 12.3. The lowest BCUT2D eigenvalue weighted by molar-refractivity contribution is 0.376. The Bertz CT molecular complexity index is 896. The molecule has 2 heterocycles. The van der Waals surface area contributed by atoms with Gasteiger partial charge in [-0.05, 0) is 18.1 Å². The van der Waals surface area contributed by atoms with Crippen LogP contribution in [0.1, 0.15) is 25.5 Å². The average Bonchev–Trinajstić information content (AvgIpc) is 2.98. The molecule has 0 unspecified atom stereocenters. The number of aromatic nitrogens is 2. The first-order valence-corrected chi connectivity index (χ1v) is 7.78. The minimum atomic E-state index is -0.164. The van der Waals surface area contributed by atoms with Crippen LogP contribution in [0.4, 0.5) is 0 Å². The number of phenolic OH excluding ortho intramolecular Hbond substituents is 1. The molecule has 0 spiro atoms. The predicted molar refractivity (Wildman–Crippen MR) is 88.0 cm³/mol. The molecule has 6 heteroatoms. The molecule has 0 bridgehead atoms. The molecule has 3 rings (SSSR count). The van der Waals surface area contributed by atoms with E-state index in [0.717, 1.165) is 10.7 Å². The second kappa shape index (κ2) is 5.46. The van der Waals surface area contributed by atoms with Gasteiger partial charge in [0.1, 0.15) is 5.01 Å². The Morgan fingerprint density at radius 2 is 2.14 bits per heavy atom. The van der Waals surface area contributed by atoms with Gasteiger partial charge in [0.25, 0.3) is 0 Å². The van der Waals surface area contributed by atoms with Crippen LogP contribution >= 0.6 is 11.3 Å². The van der Waals surface area contributed by atoms with Gasteiger partial charge >= 0.3 is 0 Å². The standard InChI is InChI=1S/C16H16N2O3S/c1-8(2)11-7-22-16(18-11)10-6-12(19)9-4-5-13(21-3)15(20)14(9)17-10/h4-8,20H,1-3H3,(H,17,19). The summed E-state index contributed by atoms with van der Waals surface area (Å²) in [5.74, 6) is 0.576. The highest BCUT2D eigenvalue weighted by Gasteiger charge is 2.14. The van der Waals surface area contributed by atoms with Crippen molar-refractivity contribution < 1.29 is 9.84 Å². The van der Waals surface area contributed by atoms with Crippen LogP contribution in [-0.4, -0.2) is 22.2 Å². The predicted octanol–water partition coefficient (Wildman–Crippen LogP) is 3.49. The molecule has 0 aliphatic rings. The summed E-state index contributed by atoms with van der Waals surface area (Å²) in [6.45, 7) is 4.14. The van der Waals surface area contributed by atoms with Gasteiger partial charge in [0.2, 0.25) is 0 Å². The quantitative estimate of drug-likeness (QED) is 0.775. The van der Waals surface area contributed by atoms with Crippen molar-refractivity contribution in [2.75, 3.05) is 7.11 Å². The number of H-pyrrole nitrogens is 1. The molecule has 1 aromatic carbocycles. The van der Waals surface area contributed by atoms with Gasteiger partial charge in [-0.2, -0.15) is 0 Å². The monoisotopic (exact) mass is 316 g/mol. The highest BCUT2D eigenvalue weighted by atomic mass is 32.1. The maximum Gasteiger partial charge on any atom is 0.190 e. The van der Waals surface area contributed by atoms with Crippen LogP contribution in [0.25, 0.3) is 21.6 Å². The van der Waals surface area contributed by atoms with Crippen molar-refractivity contribution in [2.45, 2.75) is 19.8 Å². The number of pyridine rings is 1. The zero-order chi connectivity index (χ0) is 15.9. The number of phenols is 1. The van der Waals surface area contributed by atoms with E-state index >= 15 is 0 Å². The number of thiazole rings is 1. The number of fused-ring (bicyclic) bond motifs is 1. The van der Waals surface area contributed by atoms with E-state index in [9.17, 15) is 9.90 Å². The van der Waals surface area contributed by atoms with Gasteiger partial charge in [-0.1, -0.05) is 13.8 Å². The minimum absolute atomic E-state index is 0.0698. The summed E-state index contributed by atoms with van der Waals surface area (Å²) in [6.07, 6.45) is 0. The number of aromatic hydroxyl groups is 1. The molecular weight excluding hydrogens is 300 g/mol. The minimum Gasteiger partial charge on any atom is -0.503 e. The van der Waals surface area contributed by atoms with Crippen LogP contribution in [-0.2, 0) is 0 Å². The Hall–Kier alpha value is -2.34. The van der Waals surface area contributed by atoms with E-state index in [2.05, 4.69) is 23.8 Å². The molecule has 0 saturated heterocycles.